The maximum absolute atomic E-state index is 13.1. The largest absolute Gasteiger partial charge is 0.480 e. The van der Waals surface area contributed by atoms with Gasteiger partial charge in [0.2, 0.25) is 17.7 Å². The van der Waals surface area contributed by atoms with E-state index in [2.05, 4.69) is 33.6 Å². The van der Waals surface area contributed by atoms with E-state index in [1.165, 1.54) is 6.92 Å². The summed E-state index contributed by atoms with van der Waals surface area (Å²) in [5, 5.41) is 26.4. The number of aliphatic hydroxyl groups is 1. The maximum Gasteiger partial charge on any atom is 0.326 e. The molecule has 36 heavy (non-hydrogen) atoms. The number of benzene rings is 1. The molecule has 11 N–H and O–H groups in total. The molecule has 3 amide bonds. The second-order valence-corrected chi connectivity index (χ2v) is 8.47. The third-order valence-corrected chi connectivity index (χ3v) is 5.48. The van der Waals surface area contributed by atoms with E-state index in [1.807, 2.05) is 0 Å². The SMILES string of the molecule is CC(O)C(N)C(=O)NC(CS)C(=O)NC(Cc1ccccc1)C(=O)NC(CCCN=C(N)N)C(=O)O. The third-order valence-electron chi connectivity index (χ3n) is 5.11. The molecule has 0 spiro atoms. The molecule has 0 bridgehead atoms. The van der Waals surface area contributed by atoms with Crippen LogP contribution in [0.25, 0.3) is 0 Å². The topological polar surface area (TPSA) is 235 Å². The molecule has 1 aromatic rings. The normalized spacial score (nSPS) is 14.9. The summed E-state index contributed by atoms with van der Waals surface area (Å²) in [6, 6.07) is 3.95. The van der Waals surface area contributed by atoms with E-state index >= 15 is 0 Å². The number of nitrogens with one attached hydrogen (secondary N) is 3. The van der Waals surface area contributed by atoms with E-state index in [-0.39, 0.29) is 31.1 Å². The first-order valence-corrected chi connectivity index (χ1v) is 11.9. The lowest BCUT2D eigenvalue weighted by Crippen LogP contribution is -2.59. The van der Waals surface area contributed by atoms with Crippen LogP contribution in [0.2, 0.25) is 0 Å². The number of guanidine groups is 1. The number of hydrogen-bond donors (Lipinski definition) is 9. The zero-order valence-electron chi connectivity index (χ0n) is 20.0. The van der Waals surface area contributed by atoms with Gasteiger partial charge in [0.1, 0.15) is 24.2 Å². The van der Waals surface area contributed by atoms with Crippen molar-refractivity contribution in [2.45, 2.75) is 56.5 Å². The van der Waals surface area contributed by atoms with Gasteiger partial charge in [0.05, 0.1) is 6.10 Å². The molecule has 0 heterocycles. The highest BCUT2D eigenvalue weighted by molar-refractivity contribution is 7.80. The molecule has 0 aromatic heterocycles. The molecular weight excluding hydrogens is 490 g/mol. The number of aliphatic carboxylic acids is 1. The van der Waals surface area contributed by atoms with Crippen LogP contribution in [-0.4, -0.2) is 82.4 Å². The summed E-state index contributed by atoms with van der Waals surface area (Å²) in [5.74, 6) is -3.73. The minimum absolute atomic E-state index is 0.0520. The molecular formula is C22H35N7O6S. The van der Waals surface area contributed by atoms with Crippen LogP contribution in [0.15, 0.2) is 35.3 Å². The van der Waals surface area contributed by atoms with Crippen molar-refractivity contribution >= 4 is 42.3 Å². The van der Waals surface area contributed by atoms with Crippen molar-refractivity contribution in [3.8, 4) is 0 Å². The lowest BCUT2D eigenvalue weighted by atomic mass is 10.0. The minimum Gasteiger partial charge on any atom is -0.480 e. The Bertz CT molecular complexity index is 911. The number of carboxylic acid groups (broad SMARTS) is 1. The van der Waals surface area contributed by atoms with Gasteiger partial charge in [-0.1, -0.05) is 30.3 Å². The summed E-state index contributed by atoms with van der Waals surface area (Å²) in [5.41, 5.74) is 16.8. The lowest BCUT2D eigenvalue weighted by molar-refractivity contribution is -0.142. The number of thiol groups is 1. The second kappa shape index (κ2) is 15.6. The Balaban J connectivity index is 2.99. The van der Waals surface area contributed by atoms with Crippen LogP contribution in [0.1, 0.15) is 25.3 Å². The first kappa shape index (κ1) is 30.7. The predicted octanol–water partition coefficient (Wildman–Crippen LogP) is -2.54. The van der Waals surface area contributed by atoms with Crippen molar-refractivity contribution in [1.82, 2.24) is 16.0 Å². The number of carboxylic acids is 1. The molecule has 0 aliphatic rings. The number of nitrogens with two attached hydrogens (primary N) is 3. The summed E-state index contributed by atoms with van der Waals surface area (Å²) < 4.78 is 0. The summed E-state index contributed by atoms with van der Waals surface area (Å²) in [6.07, 6.45) is -0.747. The summed E-state index contributed by atoms with van der Waals surface area (Å²) in [6.45, 7) is 1.51. The molecule has 13 nitrogen and oxygen atoms in total. The van der Waals surface area contributed by atoms with E-state index in [9.17, 15) is 29.4 Å². The average Bonchev–Trinajstić information content (AvgIpc) is 2.83. The molecule has 0 saturated heterocycles. The monoisotopic (exact) mass is 525 g/mol. The molecule has 1 rings (SSSR count). The van der Waals surface area contributed by atoms with E-state index in [0.29, 0.717) is 12.0 Å². The average molecular weight is 526 g/mol. The maximum atomic E-state index is 13.1. The molecule has 0 aliphatic heterocycles. The Morgan fingerprint density at radius 3 is 2.06 bits per heavy atom. The fraction of sp³-hybridized carbons (Fsp3) is 0.500. The molecule has 0 saturated carbocycles. The van der Waals surface area contributed by atoms with Gasteiger partial charge in [0.15, 0.2) is 5.96 Å². The molecule has 1 aromatic carbocycles. The highest BCUT2D eigenvalue weighted by Crippen LogP contribution is 2.07. The number of carbonyl (C=O) groups is 4. The number of nitrogens with zero attached hydrogens (tertiary/aromatic N) is 1. The van der Waals surface area contributed by atoms with E-state index in [0.717, 1.165) is 0 Å². The number of hydrogen-bond acceptors (Lipinski definition) is 8. The van der Waals surface area contributed by atoms with Crippen LogP contribution in [0.5, 0.6) is 0 Å². The summed E-state index contributed by atoms with van der Waals surface area (Å²) >= 11 is 4.08. The highest BCUT2D eigenvalue weighted by Gasteiger charge is 2.30. The molecule has 14 heteroatoms. The number of aliphatic imine (C=N–C) groups is 1. The Kier molecular flexibility index (Phi) is 13.3. The smallest absolute Gasteiger partial charge is 0.326 e. The Morgan fingerprint density at radius 1 is 0.972 bits per heavy atom. The van der Waals surface area contributed by atoms with Crippen LogP contribution in [0, 0.1) is 0 Å². The number of carbonyl (C=O) groups excluding carboxylic acids is 3. The number of aliphatic hydroxyl groups excluding tert-OH is 1. The summed E-state index contributed by atoms with van der Waals surface area (Å²) in [7, 11) is 0. The first-order valence-electron chi connectivity index (χ1n) is 11.2. The highest BCUT2D eigenvalue weighted by atomic mass is 32.1. The van der Waals surface area contributed by atoms with Crippen LogP contribution < -0.4 is 33.2 Å². The van der Waals surface area contributed by atoms with Gasteiger partial charge < -0.3 is 43.4 Å². The molecule has 0 radical (unpaired) electrons. The van der Waals surface area contributed by atoms with Crippen molar-refractivity contribution in [2.75, 3.05) is 12.3 Å². The van der Waals surface area contributed by atoms with Gasteiger partial charge in [-0.05, 0) is 25.3 Å². The Hall–Kier alpha value is -3.36. The quantitative estimate of drug-likeness (QED) is 0.0507. The van der Waals surface area contributed by atoms with Gasteiger partial charge in [-0.15, -0.1) is 0 Å². The zero-order chi connectivity index (χ0) is 27.3. The first-order chi connectivity index (χ1) is 17.0. The zero-order valence-corrected chi connectivity index (χ0v) is 20.9. The predicted molar refractivity (Wildman–Crippen MR) is 137 cm³/mol. The number of rotatable bonds is 15. The van der Waals surface area contributed by atoms with E-state index in [1.54, 1.807) is 30.3 Å². The molecule has 0 fully saturated rings. The van der Waals surface area contributed by atoms with Gasteiger partial charge >= 0.3 is 5.97 Å². The van der Waals surface area contributed by atoms with Gasteiger partial charge in [0, 0.05) is 18.7 Å². The van der Waals surface area contributed by atoms with Gasteiger partial charge in [-0.25, -0.2) is 4.79 Å². The Labute approximate surface area is 214 Å². The van der Waals surface area contributed by atoms with E-state index in [4.69, 9.17) is 17.2 Å². The van der Waals surface area contributed by atoms with Crippen molar-refractivity contribution in [3.63, 3.8) is 0 Å². The summed E-state index contributed by atoms with van der Waals surface area (Å²) in [4.78, 5) is 53.6. The van der Waals surface area contributed by atoms with Crippen molar-refractivity contribution in [3.05, 3.63) is 35.9 Å². The van der Waals surface area contributed by atoms with Crippen LogP contribution in [0.4, 0.5) is 0 Å². The number of amides is 3. The minimum atomic E-state index is -1.26. The van der Waals surface area contributed by atoms with Crippen LogP contribution in [-0.2, 0) is 25.6 Å². The second-order valence-electron chi connectivity index (χ2n) is 8.11. The fourth-order valence-electron chi connectivity index (χ4n) is 3.05. The van der Waals surface area contributed by atoms with Crippen LogP contribution in [0.3, 0.4) is 0 Å². The lowest BCUT2D eigenvalue weighted by Gasteiger charge is -2.25. The fourth-order valence-corrected chi connectivity index (χ4v) is 3.30. The molecule has 200 valence electrons. The van der Waals surface area contributed by atoms with Gasteiger partial charge in [-0.3, -0.25) is 19.4 Å². The third kappa shape index (κ3) is 10.9. The Morgan fingerprint density at radius 2 is 1.53 bits per heavy atom. The molecule has 5 atom stereocenters. The van der Waals surface area contributed by atoms with Crippen LogP contribution >= 0.6 is 12.6 Å². The van der Waals surface area contributed by atoms with Crippen molar-refractivity contribution in [2.24, 2.45) is 22.2 Å². The van der Waals surface area contributed by atoms with Crippen molar-refractivity contribution in [1.29, 1.82) is 0 Å². The van der Waals surface area contributed by atoms with Crippen molar-refractivity contribution < 1.29 is 29.4 Å². The molecule has 5 unspecified atom stereocenters. The van der Waals surface area contributed by atoms with E-state index < -0.39 is 54.0 Å². The standard InChI is InChI=1S/C22H35N7O6S/c1-12(30)17(23)20(33)29-16(11-36)19(32)28-15(10-13-6-3-2-4-7-13)18(31)27-14(21(34)35)8-5-9-26-22(24)25/h2-4,6-7,12,14-17,30,36H,5,8-11,23H2,1H3,(H,27,31)(H,28,32)(H,29,33)(H,34,35)(H4,24,25,26). The van der Waals surface area contributed by atoms with Gasteiger partial charge in [0.25, 0.3) is 0 Å². The van der Waals surface area contributed by atoms with Gasteiger partial charge in [-0.2, -0.15) is 12.6 Å². The molecule has 0 aliphatic carbocycles.